The van der Waals surface area contributed by atoms with E-state index in [-0.39, 0.29) is 5.91 Å². The Bertz CT molecular complexity index is 502. The molecule has 0 spiro atoms. The molecule has 1 amide bonds. The van der Waals surface area contributed by atoms with E-state index < -0.39 is 11.4 Å². The highest BCUT2D eigenvalue weighted by Crippen LogP contribution is 2.36. The predicted octanol–water partition coefficient (Wildman–Crippen LogP) is 1.53. The SMILES string of the molecule is CCCC1(C(=O)O)CCN(C(=O)c2cn(C)cn2)CC1. The van der Waals surface area contributed by atoms with E-state index in [1.807, 2.05) is 14.0 Å². The first-order chi connectivity index (χ1) is 9.48. The molecule has 0 saturated carbocycles. The van der Waals surface area contributed by atoms with Crippen molar-refractivity contribution in [1.29, 1.82) is 0 Å². The van der Waals surface area contributed by atoms with E-state index in [0.717, 1.165) is 6.42 Å². The summed E-state index contributed by atoms with van der Waals surface area (Å²) in [5.41, 5.74) is -0.235. The fourth-order valence-electron chi connectivity index (χ4n) is 2.87. The van der Waals surface area contributed by atoms with Gasteiger partial charge < -0.3 is 14.6 Å². The average molecular weight is 279 g/mol. The standard InChI is InChI=1S/C14H21N3O3/c1-3-4-14(13(19)20)5-7-17(8-6-14)12(18)11-9-16(2)10-15-11/h9-10H,3-8H2,1-2H3,(H,19,20). The van der Waals surface area contributed by atoms with E-state index in [9.17, 15) is 14.7 Å². The van der Waals surface area contributed by atoms with E-state index in [1.165, 1.54) is 0 Å². The summed E-state index contributed by atoms with van der Waals surface area (Å²) in [6, 6.07) is 0. The lowest BCUT2D eigenvalue weighted by Gasteiger charge is -2.38. The van der Waals surface area contributed by atoms with E-state index in [0.29, 0.717) is 38.0 Å². The number of amides is 1. The summed E-state index contributed by atoms with van der Waals surface area (Å²) in [6.45, 7) is 2.97. The van der Waals surface area contributed by atoms with Crippen LogP contribution in [-0.4, -0.2) is 44.5 Å². The van der Waals surface area contributed by atoms with Gasteiger partial charge in [-0.15, -0.1) is 0 Å². The molecule has 0 aliphatic carbocycles. The summed E-state index contributed by atoms with van der Waals surface area (Å²) in [5.74, 6) is -0.842. The molecule has 1 aliphatic heterocycles. The van der Waals surface area contributed by atoms with Gasteiger partial charge in [0.1, 0.15) is 5.69 Å². The summed E-state index contributed by atoms with van der Waals surface area (Å²) in [4.78, 5) is 29.5. The molecule has 0 radical (unpaired) electrons. The summed E-state index contributed by atoms with van der Waals surface area (Å²) >= 11 is 0. The Hall–Kier alpha value is -1.85. The molecule has 0 atom stereocenters. The first-order valence-corrected chi connectivity index (χ1v) is 6.99. The smallest absolute Gasteiger partial charge is 0.309 e. The Morgan fingerprint density at radius 1 is 1.40 bits per heavy atom. The molecule has 2 heterocycles. The van der Waals surface area contributed by atoms with Gasteiger partial charge in [0.15, 0.2) is 0 Å². The molecule has 20 heavy (non-hydrogen) atoms. The fourth-order valence-corrected chi connectivity index (χ4v) is 2.87. The molecule has 110 valence electrons. The summed E-state index contributed by atoms with van der Waals surface area (Å²) < 4.78 is 1.73. The lowest BCUT2D eigenvalue weighted by molar-refractivity contribution is -0.152. The highest BCUT2D eigenvalue weighted by atomic mass is 16.4. The molecule has 2 rings (SSSR count). The number of aromatic nitrogens is 2. The number of nitrogens with zero attached hydrogens (tertiary/aromatic N) is 3. The maximum Gasteiger partial charge on any atom is 0.309 e. The Morgan fingerprint density at radius 2 is 2.05 bits per heavy atom. The number of aliphatic carboxylic acids is 1. The number of rotatable bonds is 4. The van der Waals surface area contributed by atoms with Crippen molar-refractivity contribution in [1.82, 2.24) is 14.5 Å². The van der Waals surface area contributed by atoms with E-state index in [4.69, 9.17) is 0 Å². The number of carbonyl (C=O) groups is 2. The van der Waals surface area contributed by atoms with Crippen molar-refractivity contribution in [2.75, 3.05) is 13.1 Å². The lowest BCUT2D eigenvalue weighted by Crippen LogP contribution is -2.46. The zero-order valence-corrected chi connectivity index (χ0v) is 12.0. The van der Waals surface area contributed by atoms with Gasteiger partial charge in [0.25, 0.3) is 5.91 Å². The van der Waals surface area contributed by atoms with E-state index >= 15 is 0 Å². The number of aryl methyl sites for hydroxylation is 1. The Morgan fingerprint density at radius 3 is 2.50 bits per heavy atom. The number of imidazole rings is 1. The van der Waals surface area contributed by atoms with Gasteiger partial charge in [-0.1, -0.05) is 13.3 Å². The van der Waals surface area contributed by atoms with Gasteiger partial charge in [-0.3, -0.25) is 9.59 Å². The van der Waals surface area contributed by atoms with Gasteiger partial charge in [0, 0.05) is 26.3 Å². The summed E-state index contributed by atoms with van der Waals surface area (Å²) in [5, 5.41) is 9.45. The van der Waals surface area contributed by atoms with Gasteiger partial charge in [-0.2, -0.15) is 0 Å². The van der Waals surface area contributed by atoms with Crippen LogP contribution in [0.5, 0.6) is 0 Å². The number of piperidine rings is 1. The van der Waals surface area contributed by atoms with Crippen LogP contribution in [0.2, 0.25) is 0 Å². The van der Waals surface area contributed by atoms with Crippen LogP contribution < -0.4 is 0 Å². The molecule has 1 saturated heterocycles. The van der Waals surface area contributed by atoms with Crippen LogP contribution >= 0.6 is 0 Å². The van der Waals surface area contributed by atoms with Crippen LogP contribution in [0.4, 0.5) is 0 Å². The number of carbonyl (C=O) groups excluding carboxylic acids is 1. The largest absolute Gasteiger partial charge is 0.481 e. The minimum atomic E-state index is -0.732. The minimum Gasteiger partial charge on any atom is -0.481 e. The topological polar surface area (TPSA) is 75.4 Å². The summed E-state index contributed by atoms with van der Waals surface area (Å²) in [6.07, 6.45) is 5.85. The molecule has 1 fully saturated rings. The van der Waals surface area contributed by atoms with Crippen molar-refractivity contribution in [3.8, 4) is 0 Å². The molecule has 1 N–H and O–H groups in total. The third-order valence-corrected chi connectivity index (χ3v) is 4.11. The normalized spacial score (nSPS) is 18.0. The molecular formula is C14H21N3O3. The predicted molar refractivity (Wildman–Crippen MR) is 73.3 cm³/mol. The highest BCUT2D eigenvalue weighted by Gasteiger charge is 2.41. The van der Waals surface area contributed by atoms with E-state index in [1.54, 1.807) is 22.0 Å². The third-order valence-electron chi connectivity index (χ3n) is 4.11. The molecule has 1 aromatic heterocycles. The van der Waals surface area contributed by atoms with Crippen molar-refractivity contribution in [3.63, 3.8) is 0 Å². The van der Waals surface area contributed by atoms with Crippen LogP contribution in [0.25, 0.3) is 0 Å². The fraction of sp³-hybridized carbons (Fsp3) is 0.643. The lowest BCUT2D eigenvalue weighted by atomic mass is 9.75. The second-order valence-corrected chi connectivity index (χ2v) is 5.55. The van der Waals surface area contributed by atoms with Gasteiger partial charge in [-0.25, -0.2) is 4.98 Å². The van der Waals surface area contributed by atoms with Crippen LogP contribution in [0.3, 0.4) is 0 Å². The molecule has 6 nitrogen and oxygen atoms in total. The highest BCUT2D eigenvalue weighted by molar-refractivity contribution is 5.92. The average Bonchev–Trinajstić information content (AvgIpc) is 2.85. The van der Waals surface area contributed by atoms with Gasteiger partial charge in [0.2, 0.25) is 0 Å². The molecule has 0 unspecified atom stereocenters. The Kier molecular flexibility index (Phi) is 4.11. The zero-order valence-electron chi connectivity index (χ0n) is 12.0. The van der Waals surface area contributed by atoms with Crippen LogP contribution in [0, 0.1) is 5.41 Å². The van der Waals surface area contributed by atoms with Crippen LogP contribution in [-0.2, 0) is 11.8 Å². The number of carboxylic acids is 1. The number of hydrogen-bond donors (Lipinski definition) is 1. The molecule has 0 bridgehead atoms. The van der Waals surface area contributed by atoms with Crippen molar-refractivity contribution in [3.05, 3.63) is 18.2 Å². The van der Waals surface area contributed by atoms with Crippen molar-refractivity contribution >= 4 is 11.9 Å². The third kappa shape index (κ3) is 2.69. The molecule has 0 aromatic carbocycles. The maximum atomic E-state index is 12.3. The quantitative estimate of drug-likeness (QED) is 0.906. The molecular weight excluding hydrogens is 258 g/mol. The Labute approximate surface area is 118 Å². The minimum absolute atomic E-state index is 0.110. The van der Waals surface area contributed by atoms with Crippen LogP contribution in [0.1, 0.15) is 43.1 Å². The van der Waals surface area contributed by atoms with Gasteiger partial charge in [-0.05, 0) is 19.3 Å². The van der Waals surface area contributed by atoms with E-state index in [2.05, 4.69) is 4.98 Å². The first kappa shape index (κ1) is 14.6. The van der Waals surface area contributed by atoms with Crippen molar-refractivity contribution in [2.24, 2.45) is 12.5 Å². The number of hydrogen-bond acceptors (Lipinski definition) is 3. The second-order valence-electron chi connectivity index (χ2n) is 5.55. The van der Waals surface area contributed by atoms with Crippen molar-refractivity contribution in [2.45, 2.75) is 32.6 Å². The molecule has 1 aromatic rings. The number of likely N-dealkylation sites (tertiary alicyclic amines) is 1. The van der Waals surface area contributed by atoms with Gasteiger partial charge in [0.05, 0.1) is 11.7 Å². The number of carboxylic acid groups (broad SMARTS) is 1. The maximum absolute atomic E-state index is 12.3. The molecule has 1 aliphatic rings. The summed E-state index contributed by atoms with van der Waals surface area (Å²) in [7, 11) is 1.82. The van der Waals surface area contributed by atoms with Crippen LogP contribution in [0.15, 0.2) is 12.5 Å². The first-order valence-electron chi connectivity index (χ1n) is 6.99. The monoisotopic (exact) mass is 279 g/mol. The Balaban J connectivity index is 2.03. The van der Waals surface area contributed by atoms with Gasteiger partial charge >= 0.3 is 5.97 Å². The second kappa shape index (κ2) is 5.64. The molecule has 6 heteroatoms. The van der Waals surface area contributed by atoms with Crippen molar-refractivity contribution < 1.29 is 14.7 Å². The zero-order chi connectivity index (χ0) is 14.8.